The zero-order valence-corrected chi connectivity index (χ0v) is 11.8. The lowest BCUT2D eigenvalue weighted by molar-refractivity contribution is 0.395. The third-order valence-corrected chi connectivity index (χ3v) is 3.56. The predicted molar refractivity (Wildman–Crippen MR) is 76.2 cm³/mol. The molecule has 18 heavy (non-hydrogen) atoms. The lowest BCUT2D eigenvalue weighted by atomic mass is 10.2. The first-order valence-electron chi connectivity index (χ1n) is 5.41. The Morgan fingerprint density at radius 3 is 2.61 bits per heavy atom. The number of halogens is 1. The maximum absolute atomic E-state index is 6.10. The number of hydrogen-bond acceptors (Lipinski definition) is 4. The molecule has 0 unspecified atom stereocenters. The molecule has 0 bridgehead atoms. The SMILES string of the molecule is COc1cc(OC)c(NCc2ccsc2)cc1Cl. The van der Waals surface area contributed by atoms with E-state index in [4.69, 9.17) is 21.1 Å². The molecule has 0 saturated heterocycles. The molecule has 2 aromatic rings. The van der Waals surface area contributed by atoms with Gasteiger partial charge in [0, 0.05) is 12.6 Å². The van der Waals surface area contributed by atoms with Crippen molar-refractivity contribution in [2.45, 2.75) is 6.54 Å². The molecule has 1 aromatic heterocycles. The van der Waals surface area contributed by atoms with Crippen molar-refractivity contribution in [2.75, 3.05) is 19.5 Å². The number of hydrogen-bond donors (Lipinski definition) is 1. The molecule has 2 rings (SSSR count). The van der Waals surface area contributed by atoms with Gasteiger partial charge in [0.05, 0.1) is 24.9 Å². The molecule has 5 heteroatoms. The van der Waals surface area contributed by atoms with Gasteiger partial charge < -0.3 is 14.8 Å². The number of nitrogens with one attached hydrogen (secondary N) is 1. The Bertz CT molecular complexity index is 514. The fraction of sp³-hybridized carbons (Fsp3) is 0.231. The first kappa shape index (κ1) is 13.1. The molecule has 0 saturated carbocycles. The Labute approximate surface area is 115 Å². The summed E-state index contributed by atoms with van der Waals surface area (Å²) in [6.45, 7) is 0.739. The first-order chi connectivity index (χ1) is 8.74. The molecule has 0 fully saturated rings. The van der Waals surface area contributed by atoms with Crippen LogP contribution in [0.25, 0.3) is 0 Å². The number of benzene rings is 1. The van der Waals surface area contributed by atoms with Crippen molar-refractivity contribution >= 4 is 28.6 Å². The van der Waals surface area contributed by atoms with E-state index in [1.54, 1.807) is 31.6 Å². The third-order valence-electron chi connectivity index (χ3n) is 2.54. The van der Waals surface area contributed by atoms with Gasteiger partial charge in [0.2, 0.25) is 0 Å². The number of anilines is 1. The monoisotopic (exact) mass is 283 g/mol. The summed E-state index contributed by atoms with van der Waals surface area (Å²) < 4.78 is 10.5. The van der Waals surface area contributed by atoms with Gasteiger partial charge in [-0.1, -0.05) is 11.6 Å². The summed E-state index contributed by atoms with van der Waals surface area (Å²) >= 11 is 7.78. The molecule has 0 aliphatic heterocycles. The van der Waals surface area contributed by atoms with Crippen LogP contribution >= 0.6 is 22.9 Å². The largest absolute Gasteiger partial charge is 0.495 e. The molecule has 0 amide bonds. The van der Waals surface area contributed by atoms with Crippen LogP contribution in [0, 0.1) is 0 Å². The lowest BCUT2D eigenvalue weighted by Gasteiger charge is -2.13. The number of ether oxygens (including phenoxy) is 2. The zero-order valence-electron chi connectivity index (χ0n) is 10.2. The van der Waals surface area contributed by atoms with E-state index in [-0.39, 0.29) is 0 Å². The van der Waals surface area contributed by atoms with Gasteiger partial charge in [0.1, 0.15) is 11.5 Å². The van der Waals surface area contributed by atoms with Crippen LogP contribution in [0.3, 0.4) is 0 Å². The third kappa shape index (κ3) is 2.89. The van der Waals surface area contributed by atoms with Crippen LogP contribution in [0.1, 0.15) is 5.56 Å². The zero-order chi connectivity index (χ0) is 13.0. The van der Waals surface area contributed by atoms with E-state index in [2.05, 4.69) is 22.1 Å². The van der Waals surface area contributed by atoms with Gasteiger partial charge in [-0.3, -0.25) is 0 Å². The van der Waals surface area contributed by atoms with Gasteiger partial charge >= 0.3 is 0 Å². The lowest BCUT2D eigenvalue weighted by Crippen LogP contribution is -2.01. The topological polar surface area (TPSA) is 30.5 Å². The molecule has 0 aliphatic carbocycles. The standard InChI is InChI=1S/C13H14ClNO2S/c1-16-12-6-13(17-2)11(5-10(12)14)15-7-9-3-4-18-8-9/h3-6,8,15H,7H2,1-2H3. The highest BCUT2D eigenvalue weighted by molar-refractivity contribution is 7.07. The maximum Gasteiger partial charge on any atom is 0.145 e. The van der Waals surface area contributed by atoms with Crippen LogP contribution in [0.2, 0.25) is 5.02 Å². The van der Waals surface area contributed by atoms with Crippen LogP contribution in [0.4, 0.5) is 5.69 Å². The summed E-state index contributed by atoms with van der Waals surface area (Å²) in [5.41, 5.74) is 2.09. The minimum Gasteiger partial charge on any atom is -0.495 e. The molecule has 0 aliphatic rings. The molecule has 0 radical (unpaired) electrons. The van der Waals surface area contributed by atoms with Gasteiger partial charge in [0.25, 0.3) is 0 Å². The second-order valence-electron chi connectivity index (χ2n) is 3.67. The molecular formula is C13H14ClNO2S. The van der Waals surface area contributed by atoms with Gasteiger partial charge in [-0.15, -0.1) is 0 Å². The Morgan fingerprint density at radius 2 is 2.00 bits per heavy atom. The molecule has 1 aromatic carbocycles. The highest BCUT2D eigenvalue weighted by Crippen LogP contribution is 2.36. The van der Waals surface area contributed by atoms with E-state index in [0.717, 1.165) is 12.2 Å². The highest BCUT2D eigenvalue weighted by atomic mass is 35.5. The van der Waals surface area contributed by atoms with Crippen molar-refractivity contribution in [3.05, 3.63) is 39.5 Å². The summed E-state index contributed by atoms with van der Waals surface area (Å²) in [5, 5.41) is 8.01. The van der Waals surface area contributed by atoms with Crippen molar-refractivity contribution in [3.63, 3.8) is 0 Å². The molecule has 0 atom stereocenters. The van der Waals surface area contributed by atoms with Crippen LogP contribution in [-0.4, -0.2) is 14.2 Å². The minimum atomic E-state index is 0.561. The Morgan fingerprint density at radius 1 is 1.22 bits per heavy atom. The minimum absolute atomic E-state index is 0.561. The molecule has 3 nitrogen and oxygen atoms in total. The second kappa shape index (κ2) is 5.98. The van der Waals surface area contributed by atoms with E-state index in [0.29, 0.717) is 16.5 Å². The molecule has 1 N–H and O–H groups in total. The number of thiophene rings is 1. The Kier molecular flexibility index (Phi) is 4.33. The summed E-state index contributed by atoms with van der Waals surface area (Å²) in [7, 11) is 3.21. The Balaban J connectivity index is 2.18. The van der Waals surface area contributed by atoms with Gasteiger partial charge in [-0.2, -0.15) is 11.3 Å². The van der Waals surface area contributed by atoms with E-state index < -0.39 is 0 Å². The molecule has 1 heterocycles. The van der Waals surface area contributed by atoms with E-state index in [1.807, 2.05) is 6.07 Å². The fourth-order valence-electron chi connectivity index (χ4n) is 1.59. The van der Waals surface area contributed by atoms with Crippen LogP contribution in [0.15, 0.2) is 29.0 Å². The van der Waals surface area contributed by atoms with Crippen molar-refractivity contribution in [3.8, 4) is 11.5 Å². The quantitative estimate of drug-likeness (QED) is 0.899. The summed E-state index contributed by atoms with van der Waals surface area (Å²) in [6, 6.07) is 5.67. The van der Waals surface area contributed by atoms with Crippen molar-refractivity contribution in [2.24, 2.45) is 0 Å². The molecule has 96 valence electrons. The van der Waals surface area contributed by atoms with Gasteiger partial charge in [0.15, 0.2) is 0 Å². The summed E-state index contributed by atoms with van der Waals surface area (Å²) in [4.78, 5) is 0. The van der Waals surface area contributed by atoms with Gasteiger partial charge in [-0.05, 0) is 28.5 Å². The normalized spacial score (nSPS) is 10.2. The predicted octanol–water partition coefficient (Wildman–Crippen LogP) is 4.03. The Hall–Kier alpha value is -1.39. The maximum atomic E-state index is 6.10. The average molecular weight is 284 g/mol. The average Bonchev–Trinajstić information content (AvgIpc) is 2.89. The van der Waals surface area contributed by atoms with E-state index in [1.165, 1.54) is 5.56 Å². The van der Waals surface area contributed by atoms with Crippen molar-refractivity contribution in [1.82, 2.24) is 0 Å². The van der Waals surface area contributed by atoms with Crippen molar-refractivity contribution in [1.29, 1.82) is 0 Å². The van der Waals surface area contributed by atoms with Crippen molar-refractivity contribution < 1.29 is 9.47 Å². The second-order valence-corrected chi connectivity index (χ2v) is 4.86. The van der Waals surface area contributed by atoms with Crippen LogP contribution in [0.5, 0.6) is 11.5 Å². The van der Waals surface area contributed by atoms with Crippen LogP contribution in [-0.2, 0) is 6.54 Å². The van der Waals surface area contributed by atoms with Gasteiger partial charge in [-0.25, -0.2) is 0 Å². The summed E-state index contributed by atoms with van der Waals surface area (Å²) in [5.74, 6) is 1.32. The first-order valence-corrected chi connectivity index (χ1v) is 6.73. The van der Waals surface area contributed by atoms with E-state index in [9.17, 15) is 0 Å². The molecule has 0 spiro atoms. The fourth-order valence-corrected chi connectivity index (χ4v) is 2.50. The summed E-state index contributed by atoms with van der Waals surface area (Å²) in [6.07, 6.45) is 0. The van der Waals surface area contributed by atoms with Crippen LogP contribution < -0.4 is 14.8 Å². The number of rotatable bonds is 5. The number of methoxy groups -OCH3 is 2. The van der Waals surface area contributed by atoms with E-state index >= 15 is 0 Å². The smallest absolute Gasteiger partial charge is 0.145 e. The highest BCUT2D eigenvalue weighted by Gasteiger charge is 2.09. The molecular weight excluding hydrogens is 270 g/mol.